The van der Waals surface area contributed by atoms with Gasteiger partial charge in [0.2, 0.25) is 5.95 Å². The lowest BCUT2D eigenvalue weighted by Crippen LogP contribution is -2.07. The molecule has 134 valence electrons. The van der Waals surface area contributed by atoms with E-state index in [0.29, 0.717) is 24.0 Å². The van der Waals surface area contributed by atoms with Crippen LogP contribution in [0, 0.1) is 5.82 Å². The summed E-state index contributed by atoms with van der Waals surface area (Å²) in [7, 11) is 0. The van der Waals surface area contributed by atoms with Gasteiger partial charge < -0.3 is 10.6 Å². The van der Waals surface area contributed by atoms with Crippen molar-refractivity contribution in [1.82, 2.24) is 19.7 Å². The smallest absolute Gasteiger partial charge is 0.226 e. The average molecular weight is 360 g/mol. The van der Waals surface area contributed by atoms with Crippen LogP contribution in [-0.4, -0.2) is 26.3 Å². The first-order valence-electron chi connectivity index (χ1n) is 8.43. The Bertz CT molecular complexity index is 1070. The summed E-state index contributed by atoms with van der Waals surface area (Å²) in [5.74, 6) is 0.740. The molecule has 4 rings (SSSR count). The molecule has 0 unspecified atom stereocenters. The second-order valence-corrected chi connectivity index (χ2v) is 5.83. The van der Waals surface area contributed by atoms with Crippen LogP contribution in [0.15, 0.2) is 73.4 Å². The third-order valence-electron chi connectivity index (χ3n) is 3.94. The monoisotopic (exact) mass is 360 g/mol. The Labute approximate surface area is 155 Å². The van der Waals surface area contributed by atoms with Gasteiger partial charge in [-0.3, -0.25) is 0 Å². The van der Waals surface area contributed by atoms with Crippen molar-refractivity contribution in [3.63, 3.8) is 0 Å². The predicted octanol–water partition coefficient (Wildman–Crippen LogP) is 4.30. The summed E-state index contributed by atoms with van der Waals surface area (Å²) in [6.45, 7) is 4.23. The highest BCUT2D eigenvalue weighted by molar-refractivity contribution is 5.90. The number of hydrogen-bond donors (Lipinski definition) is 2. The second kappa shape index (κ2) is 7.25. The van der Waals surface area contributed by atoms with Gasteiger partial charge in [0.1, 0.15) is 11.6 Å². The van der Waals surface area contributed by atoms with Crippen LogP contribution in [0.1, 0.15) is 0 Å². The van der Waals surface area contributed by atoms with Crippen LogP contribution in [-0.2, 0) is 0 Å². The van der Waals surface area contributed by atoms with E-state index in [2.05, 4.69) is 32.3 Å². The zero-order chi connectivity index (χ0) is 18.6. The highest BCUT2D eigenvalue weighted by Gasteiger charge is 2.14. The van der Waals surface area contributed by atoms with E-state index in [9.17, 15) is 4.39 Å². The standard InChI is InChI=1S/C20H17FN6/c1-2-12-22-20-25-18(24-15-10-8-14(21)9-11-15)17-13-23-27(19(17)26-20)16-6-4-3-5-7-16/h2-11,13H,1,12H2,(H2,22,24,25,26). The third kappa shape index (κ3) is 3.48. The second-order valence-electron chi connectivity index (χ2n) is 5.83. The van der Waals surface area contributed by atoms with Crippen molar-refractivity contribution in [2.24, 2.45) is 0 Å². The van der Waals surface area contributed by atoms with Crippen molar-refractivity contribution in [3.05, 3.63) is 79.3 Å². The first-order chi connectivity index (χ1) is 13.2. The molecule has 0 saturated heterocycles. The Hall–Kier alpha value is -3.74. The van der Waals surface area contributed by atoms with E-state index in [4.69, 9.17) is 0 Å². The molecule has 6 nitrogen and oxygen atoms in total. The molecule has 0 radical (unpaired) electrons. The molecule has 0 atom stereocenters. The number of anilines is 3. The molecule has 2 aromatic carbocycles. The van der Waals surface area contributed by atoms with Crippen LogP contribution in [0.4, 0.5) is 21.8 Å². The fourth-order valence-corrected chi connectivity index (χ4v) is 2.67. The van der Waals surface area contributed by atoms with Gasteiger partial charge >= 0.3 is 0 Å². The largest absolute Gasteiger partial charge is 0.351 e. The van der Waals surface area contributed by atoms with E-state index in [1.807, 2.05) is 30.3 Å². The molecule has 0 aliphatic heterocycles. The Morgan fingerprint density at radius 1 is 1.04 bits per heavy atom. The molecule has 4 aromatic rings. The van der Waals surface area contributed by atoms with Crippen molar-refractivity contribution >= 4 is 28.5 Å². The first kappa shape index (κ1) is 16.7. The van der Waals surface area contributed by atoms with Gasteiger partial charge in [0, 0.05) is 12.2 Å². The Kier molecular flexibility index (Phi) is 4.49. The summed E-state index contributed by atoms with van der Waals surface area (Å²) in [4.78, 5) is 9.13. The molecule has 2 heterocycles. The van der Waals surface area contributed by atoms with E-state index in [1.54, 1.807) is 29.1 Å². The van der Waals surface area contributed by atoms with Crippen LogP contribution >= 0.6 is 0 Å². The number of hydrogen-bond acceptors (Lipinski definition) is 5. The van der Waals surface area contributed by atoms with Crippen molar-refractivity contribution in [1.29, 1.82) is 0 Å². The van der Waals surface area contributed by atoms with E-state index >= 15 is 0 Å². The van der Waals surface area contributed by atoms with Crippen LogP contribution in [0.5, 0.6) is 0 Å². The van der Waals surface area contributed by atoms with Gasteiger partial charge in [0.05, 0.1) is 17.3 Å². The Morgan fingerprint density at radius 3 is 2.56 bits per heavy atom. The molecule has 2 aromatic heterocycles. The van der Waals surface area contributed by atoms with Gasteiger partial charge in [-0.15, -0.1) is 6.58 Å². The van der Waals surface area contributed by atoms with Gasteiger partial charge in [-0.05, 0) is 36.4 Å². The van der Waals surface area contributed by atoms with Gasteiger partial charge in [0.15, 0.2) is 5.65 Å². The Balaban J connectivity index is 1.82. The van der Waals surface area contributed by atoms with Crippen LogP contribution in [0.2, 0.25) is 0 Å². The molecule has 0 aliphatic rings. The summed E-state index contributed by atoms with van der Waals surface area (Å²) in [6, 6.07) is 15.8. The molecule has 0 aliphatic carbocycles. The highest BCUT2D eigenvalue weighted by atomic mass is 19.1. The first-order valence-corrected chi connectivity index (χ1v) is 8.43. The molecular weight excluding hydrogens is 343 g/mol. The van der Waals surface area contributed by atoms with Gasteiger partial charge in [-0.25, -0.2) is 9.07 Å². The topological polar surface area (TPSA) is 67.7 Å². The van der Waals surface area contributed by atoms with Gasteiger partial charge in [0.25, 0.3) is 0 Å². The molecule has 0 amide bonds. The summed E-state index contributed by atoms with van der Waals surface area (Å²) in [6.07, 6.45) is 3.45. The number of nitrogens with one attached hydrogen (secondary N) is 2. The lowest BCUT2D eigenvalue weighted by atomic mass is 10.3. The van der Waals surface area contributed by atoms with Crippen molar-refractivity contribution in [2.45, 2.75) is 0 Å². The maximum Gasteiger partial charge on any atom is 0.226 e. The SMILES string of the molecule is C=CCNc1nc(Nc2ccc(F)cc2)c2cnn(-c3ccccc3)c2n1. The summed E-state index contributed by atoms with van der Waals surface area (Å²) >= 11 is 0. The van der Waals surface area contributed by atoms with Crippen LogP contribution < -0.4 is 10.6 Å². The van der Waals surface area contributed by atoms with E-state index < -0.39 is 0 Å². The molecular formula is C20H17FN6. The lowest BCUT2D eigenvalue weighted by Gasteiger charge is -2.10. The average Bonchev–Trinajstić information content (AvgIpc) is 3.13. The third-order valence-corrected chi connectivity index (χ3v) is 3.94. The van der Waals surface area contributed by atoms with Crippen LogP contribution in [0.25, 0.3) is 16.7 Å². The van der Waals surface area contributed by atoms with E-state index in [0.717, 1.165) is 16.8 Å². The Morgan fingerprint density at radius 2 is 1.81 bits per heavy atom. The number of nitrogens with zero attached hydrogens (tertiary/aromatic N) is 4. The van der Waals surface area contributed by atoms with Crippen LogP contribution in [0.3, 0.4) is 0 Å². The van der Waals surface area contributed by atoms with Crippen molar-refractivity contribution in [3.8, 4) is 5.69 Å². The van der Waals surface area contributed by atoms with Gasteiger partial charge in [-0.2, -0.15) is 15.1 Å². The van der Waals surface area contributed by atoms with E-state index in [1.165, 1.54) is 12.1 Å². The zero-order valence-corrected chi connectivity index (χ0v) is 14.4. The minimum absolute atomic E-state index is 0.293. The number of benzene rings is 2. The maximum absolute atomic E-state index is 13.2. The summed E-state index contributed by atoms with van der Waals surface area (Å²) in [5.41, 5.74) is 2.28. The molecule has 0 spiro atoms. The fraction of sp³-hybridized carbons (Fsp3) is 0.0500. The normalized spacial score (nSPS) is 10.7. The molecule has 0 saturated carbocycles. The summed E-state index contributed by atoms with van der Waals surface area (Å²) < 4.78 is 14.9. The number of rotatable bonds is 6. The maximum atomic E-state index is 13.2. The van der Waals surface area contributed by atoms with E-state index in [-0.39, 0.29) is 5.82 Å². The molecule has 7 heteroatoms. The molecule has 2 N–H and O–H groups in total. The highest BCUT2D eigenvalue weighted by Crippen LogP contribution is 2.27. The molecule has 0 bridgehead atoms. The van der Waals surface area contributed by atoms with Crippen molar-refractivity contribution < 1.29 is 4.39 Å². The number of halogens is 1. The summed E-state index contributed by atoms with van der Waals surface area (Å²) in [5, 5.41) is 11.6. The quantitative estimate of drug-likeness (QED) is 0.502. The lowest BCUT2D eigenvalue weighted by molar-refractivity contribution is 0.628. The number of para-hydroxylation sites is 1. The van der Waals surface area contributed by atoms with Crippen molar-refractivity contribution in [2.75, 3.05) is 17.2 Å². The zero-order valence-electron chi connectivity index (χ0n) is 14.4. The minimum Gasteiger partial charge on any atom is -0.351 e. The number of fused-ring (bicyclic) bond motifs is 1. The minimum atomic E-state index is -0.293. The predicted molar refractivity (Wildman–Crippen MR) is 105 cm³/mol. The molecule has 27 heavy (non-hydrogen) atoms. The fourth-order valence-electron chi connectivity index (χ4n) is 2.67. The molecule has 0 fully saturated rings. The number of aromatic nitrogens is 4. The van der Waals surface area contributed by atoms with Gasteiger partial charge in [-0.1, -0.05) is 24.3 Å².